The fraction of sp³-hybridized carbons (Fsp3) is 0.706. The lowest BCUT2D eigenvalue weighted by Gasteiger charge is -2.43. The molecular formula is C17H24O11. The van der Waals surface area contributed by atoms with Gasteiger partial charge < -0.3 is 28.4 Å². The Morgan fingerprint density at radius 2 is 1.11 bits per heavy atom. The van der Waals surface area contributed by atoms with E-state index in [-0.39, 0.29) is 13.0 Å². The molecule has 28 heavy (non-hydrogen) atoms. The predicted octanol–water partition coefficient (Wildman–Crippen LogP) is 0.0227. The Labute approximate surface area is 161 Å². The molecule has 0 aromatic carbocycles. The molecule has 0 N–H and O–H groups in total. The summed E-state index contributed by atoms with van der Waals surface area (Å²) >= 11 is 0. The number of hydrogen-bond donors (Lipinski definition) is 0. The highest BCUT2D eigenvalue weighted by atomic mass is 16.7. The minimum atomic E-state index is -1.43. The first-order valence-corrected chi connectivity index (χ1v) is 8.49. The molecule has 0 aliphatic carbocycles. The maximum atomic E-state index is 11.6. The normalized spacial score (nSPS) is 26.5. The van der Waals surface area contributed by atoms with E-state index in [1.807, 2.05) is 0 Å². The molecule has 11 heteroatoms. The minimum Gasteiger partial charge on any atom is -0.466 e. The Morgan fingerprint density at radius 3 is 1.57 bits per heavy atom. The second kappa shape index (κ2) is 10.6. The summed E-state index contributed by atoms with van der Waals surface area (Å²) in [6.45, 7) is 5.57. The second-order valence-corrected chi connectivity index (χ2v) is 6.00. The predicted molar refractivity (Wildman–Crippen MR) is 88.3 cm³/mol. The van der Waals surface area contributed by atoms with Gasteiger partial charge in [-0.1, -0.05) is 0 Å². The topological polar surface area (TPSA) is 141 Å². The highest BCUT2D eigenvalue weighted by molar-refractivity contribution is 5.69. The quantitative estimate of drug-likeness (QED) is 0.419. The molecule has 1 fully saturated rings. The molecule has 1 saturated heterocycles. The molecule has 5 atom stereocenters. The molecule has 1 heterocycles. The third-order valence-electron chi connectivity index (χ3n) is 3.49. The van der Waals surface area contributed by atoms with Crippen molar-refractivity contribution in [2.75, 3.05) is 6.61 Å². The third kappa shape index (κ3) is 7.51. The summed E-state index contributed by atoms with van der Waals surface area (Å²) < 4.78 is 31.1. The molecule has 0 aromatic rings. The standard InChI is InChI=1S/C17H24O11/c1-8(18)23-7-6-13-14(24-9(2)19)15(25-10(3)20)16(26-11(4)21)17(28-13)27-12(5)22/h13-17H,6-7H2,1-5H3/t13-,14+,15+,16-,17-/m1/s1. The molecule has 1 aliphatic rings. The number of hydrogen-bond acceptors (Lipinski definition) is 11. The fourth-order valence-corrected chi connectivity index (χ4v) is 2.66. The van der Waals surface area contributed by atoms with E-state index in [1.165, 1.54) is 6.92 Å². The van der Waals surface area contributed by atoms with Crippen LogP contribution in [0.2, 0.25) is 0 Å². The summed E-state index contributed by atoms with van der Waals surface area (Å²) in [5.41, 5.74) is 0. The third-order valence-corrected chi connectivity index (χ3v) is 3.49. The van der Waals surface area contributed by atoms with Crippen molar-refractivity contribution >= 4 is 29.8 Å². The van der Waals surface area contributed by atoms with Gasteiger partial charge in [-0.25, -0.2) is 0 Å². The van der Waals surface area contributed by atoms with Crippen LogP contribution in [0.4, 0.5) is 0 Å². The van der Waals surface area contributed by atoms with Crippen molar-refractivity contribution in [3.8, 4) is 0 Å². The lowest BCUT2D eigenvalue weighted by molar-refractivity contribution is -0.297. The van der Waals surface area contributed by atoms with E-state index in [2.05, 4.69) is 0 Å². The number of carbonyl (C=O) groups is 5. The Morgan fingerprint density at radius 1 is 0.643 bits per heavy atom. The molecule has 0 spiro atoms. The Hall–Kier alpha value is -2.69. The van der Waals surface area contributed by atoms with Crippen LogP contribution in [0.25, 0.3) is 0 Å². The van der Waals surface area contributed by atoms with Gasteiger partial charge in [-0.05, 0) is 0 Å². The average Bonchev–Trinajstić information content (AvgIpc) is 2.51. The van der Waals surface area contributed by atoms with Crippen molar-refractivity contribution in [2.45, 2.75) is 71.7 Å². The molecule has 0 aromatic heterocycles. The molecule has 1 rings (SSSR count). The van der Waals surface area contributed by atoms with Crippen LogP contribution < -0.4 is 0 Å². The van der Waals surface area contributed by atoms with Crippen LogP contribution in [0, 0.1) is 0 Å². The van der Waals surface area contributed by atoms with E-state index >= 15 is 0 Å². The van der Waals surface area contributed by atoms with Crippen LogP contribution in [-0.4, -0.2) is 67.2 Å². The summed E-state index contributed by atoms with van der Waals surface area (Å²) in [6, 6.07) is 0. The van der Waals surface area contributed by atoms with Gasteiger partial charge in [0.05, 0.1) is 6.61 Å². The largest absolute Gasteiger partial charge is 0.466 e. The van der Waals surface area contributed by atoms with Crippen molar-refractivity contribution in [3.63, 3.8) is 0 Å². The number of carbonyl (C=O) groups excluding carboxylic acids is 5. The van der Waals surface area contributed by atoms with Gasteiger partial charge in [-0.15, -0.1) is 0 Å². The summed E-state index contributed by atoms with van der Waals surface area (Å²) in [5, 5.41) is 0. The van der Waals surface area contributed by atoms with E-state index in [0.717, 1.165) is 27.7 Å². The van der Waals surface area contributed by atoms with E-state index in [1.54, 1.807) is 0 Å². The molecule has 0 saturated carbocycles. The molecule has 1 aliphatic heterocycles. The van der Waals surface area contributed by atoms with Crippen LogP contribution in [0.5, 0.6) is 0 Å². The van der Waals surface area contributed by atoms with Crippen LogP contribution in [0.1, 0.15) is 41.0 Å². The SMILES string of the molecule is CC(=O)OCC[C@H]1O[C@@H](OC(C)=O)[C@H](OC(C)=O)[C@@H](OC(C)=O)[C@H]1OC(C)=O. The Bertz CT molecular complexity index is 614. The second-order valence-electron chi connectivity index (χ2n) is 6.00. The monoisotopic (exact) mass is 404 g/mol. The first-order valence-electron chi connectivity index (χ1n) is 8.49. The van der Waals surface area contributed by atoms with Crippen LogP contribution in [0.15, 0.2) is 0 Å². The molecule has 158 valence electrons. The van der Waals surface area contributed by atoms with Gasteiger partial charge in [-0.2, -0.15) is 0 Å². The van der Waals surface area contributed by atoms with Gasteiger partial charge in [0, 0.05) is 41.0 Å². The molecule has 0 radical (unpaired) electrons. The van der Waals surface area contributed by atoms with Gasteiger partial charge in [0.1, 0.15) is 6.10 Å². The zero-order valence-corrected chi connectivity index (χ0v) is 16.3. The zero-order chi connectivity index (χ0) is 21.4. The van der Waals surface area contributed by atoms with Gasteiger partial charge in [0.2, 0.25) is 12.4 Å². The zero-order valence-electron chi connectivity index (χ0n) is 16.3. The van der Waals surface area contributed by atoms with Crippen LogP contribution in [0.3, 0.4) is 0 Å². The van der Waals surface area contributed by atoms with Crippen molar-refractivity contribution < 1.29 is 52.4 Å². The van der Waals surface area contributed by atoms with Gasteiger partial charge in [0.25, 0.3) is 0 Å². The van der Waals surface area contributed by atoms with Crippen LogP contribution in [-0.2, 0) is 52.4 Å². The lowest BCUT2D eigenvalue weighted by Crippen LogP contribution is -2.62. The summed E-state index contributed by atoms with van der Waals surface area (Å²) in [7, 11) is 0. The minimum absolute atomic E-state index is 0.0276. The number of esters is 5. The van der Waals surface area contributed by atoms with Crippen molar-refractivity contribution in [1.29, 1.82) is 0 Å². The van der Waals surface area contributed by atoms with Gasteiger partial charge in [-0.3, -0.25) is 24.0 Å². The fourth-order valence-electron chi connectivity index (χ4n) is 2.66. The molecule has 11 nitrogen and oxygen atoms in total. The smallest absolute Gasteiger partial charge is 0.305 e. The van der Waals surface area contributed by atoms with Gasteiger partial charge in [0.15, 0.2) is 12.2 Å². The highest BCUT2D eigenvalue weighted by Crippen LogP contribution is 2.31. The molecule has 0 bridgehead atoms. The number of ether oxygens (including phenoxy) is 6. The first-order chi connectivity index (χ1) is 13.0. The summed E-state index contributed by atoms with van der Waals surface area (Å²) in [4.78, 5) is 57.1. The lowest BCUT2D eigenvalue weighted by atomic mass is 9.96. The Kier molecular flexibility index (Phi) is 8.83. The summed E-state index contributed by atoms with van der Waals surface area (Å²) in [6.07, 6.45) is -6.28. The average molecular weight is 404 g/mol. The van der Waals surface area contributed by atoms with E-state index in [4.69, 9.17) is 28.4 Å². The van der Waals surface area contributed by atoms with Gasteiger partial charge >= 0.3 is 29.8 Å². The van der Waals surface area contributed by atoms with Crippen LogP contribution >= 0.6 is 0 Å². The highest BCUT2D eigenvalue weighted by Gasteiger charge is 2.53. The van der Waals surface area contributed by atoms with E-state index < -0.39 is 60.6 Å². The van der Waals surface area contributed by atoms with Crippen molar-refractivity contribution in [3.05, 3.63) is 0 Å². The molecule has 0 unspecified atom stereocenters. The summed E-state index contributed by atoms with van der Waals surface area (Å²) in [5.74, 6) is -3.50. The molecular weight excluding hydrogens is 380 g/mol. The maximum Gasteiger partial charge on any atom is 0.305 e. The first kappa shape index (κ1) is 23.3. The maximum absolute atomic E-state index is 11.6. The molecule has 0 amide bonds. The van der Waals surface area contributed by atoms with Crippen molar-refractivity contribution in [2.24, 2.45) is 0 Å². The number of rotatable bonds is 7. The van der Waals surface area contributed by atoms with E-state index in [9.17, 15) is 24.0 Å². The van der Waals surface area contributed by atoms with E-state index in [0.29, 0.717) is 0 Å². The Balaban J connectivity index is 3.24. The van der Waals surface area contributed by atoms with Crippen molar-refractivity contribution in [1.82, 2.24) is 0 Å².